The average molecular weight is 348 g/mol. The zero-order chi connectivity index (χ0) is 17.5. The van der Waals surface area contributed by atoms with Crippen LogP contribution in [-0.4, -0.2) is 62.7 Å². The van der Waals surface area contributed by atoms with Gasteiger partial charge in [-0.05, 0) is 40.0 Å². The summed E-state index contributed by atoms with van der Waals surface area (Å²) in [5, 5.41) is 5.12. The quantitative estimate of drug-likeness (QED) is 0.564. The number of nitrogens with zero attached hydrogens (tertiary/aromatic N) is 1. The van der Waals surface area contributed by atoms with Crippen LogP contribution in [0.15, 0.2) is 0 Å². The van der Waals surface area contributed by atoms with Crippen LogP contribution in [0.2, 0.25) is 0 Å². The Bertz CT molecular complexity index is 509. The summed E-state index contributed by atoms with van der Waals surface area (Å²) in [6.45, 7) is 6.22. The fourth-order valence-corrected chi connectivity index (χ4v) is 3.09. The molecule has 134 valence electrons. The number of likely N-dealkylation sites (tertiary alicyclic amines) is 1. The lowest BCUT2D eigenvalue weighted by atomic mass is 10.0. The molecule has 0 aliphatic carbocycles. The fraction of sp³-hybridized carbons (Fsp3) is 0.857. The third-order valence-electron chi connectivity index (χ3n) is 3.92. The summed E-state index contributed by atoms with van der Waals surface area (Å²) in [6, 6.07) is -0.888. The van der Waals surface area contributed by atoms with E-state index in [2.05, 4.69) is 15.4 Å². The molecule has 0 spiro atoms. The van der Waals surface area contributed by atoms with Crippen LogP contribution in [0.1, 0.15) is 40.0 Å². The highest BCUT2D eigenvalue weighted by molar-refractivity contribution is 7.89. The molecule has 0 aromatic carbocycles. The van der Waals surface area contributed by atoms with Crippen LogP contribution in [0.5, 0.6) is 0 Å². The predicted octanol–water partition coefficient (Wildman–Crippen LogP) is 0.0144. The van der Waals surface area contributed by atoms with E-state index in [9.17, 15) is 18.0 Å². The Balaban J connectivity index is 2.31. The van der Waals surface area contributed by atoms with Gasteiger partial charge in [0.05, 0.1) is 5.75 Å². The summed E-state index contributed by atoms with van der Waals surface area (Å²) in [5.74, 6) is -0.0855. The van der Waals surface area contributed by atoms with Gasteiger partial charge in [-0.25, -0.2) is 17.9 Å². The van der Waals surface area contributed by atoms with E-state index in [1.54, 1.807) is 6.92 Å². The van der Waals surface area contributed by atoms with Crippen LogP contribution in [0.4, 0.5) is 4.79 Å². The molecule has 1 aliphatic rings. The lowest BCUT2D eigenvalue weighted by Crippen LogP contribution is -2.53. The molecule has 1 rings (SSSR count). The summed E-state index contributed by atoms with van der Waals surface area (Å²) in [4.78, 5) is 25.9. The third-order valence-corrected chi connectivity index (χ3v) is 5.32. The van der Waals surface area contributed by atoms with Crippen LogP contribution in [0.25, 0.3) is 0 Å². The van der Waals surface area contributed by atoms with Gasteiger partial charge in [-0.3, -0.25) is 4.79 Å². The number of carbonyl (C=O) groups is 2. The van der Waals surface area contributed by atoms with Crippen molar-refractivity contribution in [1.82, 2.24) is 20.3 Å². The molecule has 0 saturated carbocycles. The highest BCUT2D eigenvalue weighted by Crippen LogP contribution is 2.17. The number of amides is 3. The number of nitrogens with one attached hydrogen (secondary N) is 3. The van der Waals surface area contributed by atoms with Crippen LogP contribution in [0.3, 0.4) is 0 Å². The molecule has 3 amide bonds. The van der Waals surface area contributed by atoms with Gasteiger partial charge in [0.2, 0.25) is 15.9 Å². The summed E-state index contributed by atoms with van der Waals surface area (Å²) in [6.07, 6.45) is 3.11. The smallest absolute Gasteiger partial charge is 0.315 e. The number of urea groups is 1. The summed E-state index contributed by atoms with van der Waals surface area (Å²) in [7, 11) is -3.26. The van der Waals surface area contributed by atoms with E-state index in [1.807, 2.05) is 11.8 Å². The van der Waals surface area contributed by atoms with E-state index in [0.29, 0.717) is 0 Å². The highest BCUT2D eigenvalue weighted by atomic mass is 32.2. The third kappa shape index (κ3) is 6.74. The molecule has 1 saturated heterocycles. The van der Waals surface area contributed by atoms with Gasteiger partial charge in [0.15, 0.2) is 0 Å². The topological polar surface area (TPSA) is 108 Å². The lowest BCUT2D eigenvalue weighted by Gasteiger charge is -2.35. The normalized spacial score (nSPS) is 20.0. The SMILES string of the molecule is CCS(=O)(=O)NCCNC(=O)N[C@H](C)C(=O)N1CCCC[C@@H]1C. The van der Waals surface area contributed by atoms with E-state index in [1.165, 1.54) is 6.92 Å². The van der Waals surface area contributed by atoms with Crippen molar-refractivity contribution in [2.45, 2.75) is 52.1 Å². The van der Waals surface area contributed by atoms with Gasteiger partial charge >= 0.3 is 6.03 Å². The molecule has 9 heteroatoms. The van der Waals surface area contributed by atoms with Gasteiger partial charge in [-0.2, -0.15) is 0 Å². The van der Waals surface area contributed by atoms with Gasteiger partial charge in [-0.1, -0.05) is 0 Å². The summed E-state index contributed by atoms with van der Waals surface area (Å²) >= 11 is 0. The Morgan fingerprint density at radius 3 is 2.57 bits per heavy atom. The molecule has 0 radical (unpaired) electrons. The highest BCUT2D eigenvalue weighted by Gasteiger charge is 2.27. The van der Waals surface area contributed by atoms with Crippen molar-refractivity contribution in [1.29, 1.82) is 0 Å². The predicted molar refractivity (Wildman–Crippen MR) is 88.5 cm³/mol. The monoisotopic (exact) mass is 348 g/mol. The maximum atomic E-state index is 12.3. The molecule has 0 unspecified atom stereocenters. The first-order valence-corrected chi connectivity index (χ1v) is 9.74. The van der Waals surface area contributed by atoms with Crippen molar-refractivity contribution in [2.24, 2.45) is 0 Å². The zero-order valence-corrected chi connectivity index (χ0v) is 14.9. The van der Waals surface area contributed by atoms with Gasteiger partial charge in [0.25, 0.3) is 0 Å². The first kappa shape index (κ1) is 19.7. The molecule has 0 bridgehead atoms. The van der Waals surface area contributed by atoms with Gasteiger partial charge in [0.1, 0.15) is 6.04 Å². The molecule has 1 fully saturated rings. The van der Waals surface area contributed by atoms with E-state index in [-0.39, 0.29) is 30.8 Å². The van der Waals surface area contributed by atoms with Crippen molar-refractivity contribution >= 4 is 22.0 Å². The zero-order valence-electron chi connectivity index (χ0n) is 14.1. The largest absolute Gasteiger partial charge is 0.338 e. The molecule has 8 nitrogen and oxygen atoms in total. The second kappa shape index (κ2) is 9.07. The van der Waals surface area contributed by atoms with E-state index < -0.39 is 22.1 Å². The van der Waals surface area contributed by atoms with E-state index in [4.69, 9.17) is 0 Å². The minimum Gasteiger partial charge on any atom is -0.338 e. The number of hydrogen-bond donors (Lipinski definition) is 3. The van der Waals surface area contributed by atoms with E-state index in [0.717, 1.165) is 25.8 Å². The first-order chi connectivity index (χ1) is 10.8. The Hall–Kier alpha value is -1.35. The maximum absolute atomic E-state index is 12.3. The fourth-order valence-electron chi connectivity index (χ4n) is 2.47. The van der Waals surface area contributed by atoms with Crippen LogP contribution < -0.4 is 15.4 Å². The number of carbonyl (C=O) groups excluding carboxylic acids is 2. The standard InChI is InChI=1S/C14H28N4O4S/c1-4-23(21,22)16-9-8-15-14(20)17-12(3)13(19)18-10-6-5-7-11(18)2/h11-12,16H,4-10H2,1-3H3,(H2,15,17,20)/t11-,12+/m0/s1. The van der Waals surface area contributed by atoms with E-state index >= 15 is 0 Å². The Labute approximate surface area is 138 Å². The molecule has 23 heavy (non-hydrogen) atoms. The van der Waals surface area contributed by atoms with Gasteiger partial charge in [-0.15, -0.1) is 0 Å². The number of rotatable bonds is 7. The number of piperidine rings is 1. The average Bonchev–Trinajstić information content (AvgIpc) is 2.51. The van der Waals surface area contributed by atoms with Gasteiger partial charge in [0, 0.05) is 25.7 Å². The number of hydrogen-bond acceptors (Lipinski definition) is 4. The first-order valence-electron chi connectivity index (χ1n) is 8.09. The Morgan fingerprint density at radius 1 is 1.26 bits per heavy atom. The van der Waals surface area contributed by atoms with Crippen molar-refractivity contribution in [3.8, 4) is 0 Å². The van der Waals surface area contributed by atoms with Crippen molar-refractivity contribution in [3.05, 3.63) is 0 Å². The summed E-state index contributed by atoms with van der Waals surface area (Å²) in [5.41, 5.74) is 0. The molecular formula is C14H28N4O4S. The molecule has 1 heterocycles. The molecule has 2 atom stereocenters. The summed E-state index contributed by atoms with van der Waals surface area (Å²) < 4.78 is 24.8. The maximum Gasteiger partial charge on any atom is 0.315 e. The number of sulfonamides is 1. The Morgan fingerprint density at radius 2 is 1.96 bits per heavy atom. The van der Waals surface area contributed by atoms with Crippen molar-refractivity contribution < 1.29 is 18.0 Å². The van der Waals surface area contributed by atoms with Crippen LogP contribution in [0, 0.1) is 0 Å². The van der Waals surface area contributed by atoms with Gasteiger partial charge < -0.3 is 15.5 Å². The second-order valence-electron chi connectivity index (χ2n) is 5.80. The van der Waals surface area contributed by atoms with Crippen molar-refractivity contribution in [3.63, 3.8) is 0 Å². The van der Waals surface area contributed by atoms with Crippen LogP contribution >= 0.6 is 0 Å². The second-order valence-corrected chi connectivity index (χ2v) is 7.89. The minimum absolute atomic E-state index is 0.00124. The molecule has 1 aliphatic heterocycles. The van der Waals surface area contributed by atoms with Crippen LogP contribution in [-0.2, 0) is 14.8 Å². The lowest BCUT2D eigenvalue weighted by molar-refractivity contribution is -0.136. The molecule has 0 aromatic rings. The minimum atomic E-state index is -3.26. The molecule has 0 aromatic heterocycles. The molecular weight excluding hydrogens is 320 g/mol. The Kier molecular flexibility index (Phi) is 7.77. The van der Waals surface area contributed by atoms with Crippen molar-refractivity contribution in [2.75, 3.05) is 25.4 Å². The molecule has 3 N–H and O–H groups in total.